The molecule has 140 valence electrons. The van der Waals surface area contributed by atoms with E-state index >= 15 is 0 Å². The van der Waals surface area contributed by atoms with E-state index in [1.807, 2.05) is 36.4 Å². The molecule has 4 heteroatoms. The second kappa shape index (κ2) is 8.21. The molecule has 0 spiro atoms. The van der Waals surface area contributed by atoms with Gasteiger partial charge >= 0.3 is 0 Å². The van der Waals surface area contributed by atoms with Crippen LogP contribution < -0.4 is 10.1 Å². The average Bonchev–Trinajstić information content (AvgIpc) is 2.70. The summed E-state index contributed by atoms with van der Waals surface area (Å²) in [6.45, 7) is 6.16. The Bertz CT molecular complexity index is 962. The smallest absolute Gasteiger partial charge is 0.169 e. The van der Waals surface area contributed by atoms with Gasteiger partial charge in [-0.1, -0.05) is 44.2 Å². The molecule has 0 aliphatic heterocycles. The molecule has 0 saturated carbocycles. The van der Waals surface area contributed by atoms with Gasteiger partial charge < -0.3 is 10.1 Å². The van der Waals surface area contributed by atoms with E-state index in [2.05, 4.69) is 37.1 Å². The molecule has 0 amide bonds. The lowest BCUT2D eigenvalue weighted by Gasteiger charge is -2.19. The number of carbonyl (C=O) groups excluding carboxylic acids is 1. The van der Waals surface area contributed by atoms with Gasteiger partial charge in [0.2, 0.25) is 0 Å². The van der Waals surface area contributed by atoms with Crippen molar-refractivity contribution in [3.8, 4) is 5.75 Å². The normalized spacial score (nSPS) is 11.0. The summed E-state index contributed by atoms with van der Waals surface area (Å²) in [7, 11) is 1.63. The van der Waals surface area contributed by atoms with Gasteiger partial charge in [0.25, 0.3) is 0 Å². The first-order valence-corrected chi connectivity index (χ1v) is 9.43. The van der Waals surface area contributed by atoms with Crippen molar-refractivity contribution in [3.63, 3.8) is 0 Å². The van der Waals surface area contributed by atoms with Crippen molar-refractivity contribution in [1.82, 2.24) is 4.98 Å². The van der Waals surface area contributed by atoms with E-state index in [1.54, 1.807) is 13.3 Å². The maximum absolute atomic E-state index is 13.2. The van der Waals surface area contributed by atoms with Gasteiger partial charge in [-0.05, 0) is 37.5 Å². The first kappa shape index (κ1) is 18.9. The highest BCUT2D eigenvalue weighted by Gasteiger charge is 2.23. The SMILES string of the molecule is CCC(CC)C(=O)c1cnc2c(OC)cccc2c1Nc1ccccc1C. The van der Waals surface area contributed by atoms with Crippen LogP contribution >= 0.6 is 0 Å². The van der Waals surface area contributed by atoms with Crippen LogP contribution in [0.25, 0.3) is 10.9 Å². The molecule has 0 aliphatic carbocycles. The van der Waals surface area contributed by atoms with E-state index in [0.29, 0.717) is 11.3 Å². The maximum Gasteiger partial charge on any atom is 0.169 e. The third-order valence-corrected chi connectivity index (χ3v) is 5.11. The number of ketones is 1. The number of benzene rings is 2. The predicted octanol–water partition coefficient (Wildman–Crippen LogP) is 5.91. The Morgan fingerprint density at radius 1 is 1.11 bits per heavy atom. The van der Waals surface area contributed by atoms with Gasteiger partial charge in [-0.15, -0.1) is 0 Å². The van der Waals surface area contributed by atoms with Crippen molar-refractivity contribution in [1.29, 1.82) is 0 Å². The molecular weight excluding hydrogens is 336 g/mol. The lowest BCUT2D eigenvalue weighted by molar-refractivity contribution is 0.0914. The Morgan fingerprint density at radius 2 is 1.85 bits per heavy atom. The number of fused-ring (bicyclic) bond motifs is 1. The van der Waals surface area contributed by atoms with Crippen LogP contribution in [0.1, 0.15) is 42.6 Å². The standard InChI is InChI=1S/C23H26N2O2/c1-5-16(6-2)23(26)18-14-24-22-17(11-9-13-20(22)27-4)21(18)25-19-12-8-7-10-15(19)3/h7-14,16H,5-6H2,1-4H3,(H,24,25). The number of hydrogen-bond donors (Lipinski definition) is 1. The van der Waals surface area contributed by atoms with Crippen LogP contribution in [0.3, 0.4) is 0 Å². The number of carbonyl (C=O) groups is 1. The number of aromatic nitrogens is 1. The zero-order chi connectivity index (χ0) is 19.4. The summed E-state index contributed by atoms with van der Waals surface area (Å²) >= 11 is 0. The fourth-order valence-corrected chi connectivity index (χ4v) is 3.41. The Labute approximate surface area is 160 Å². The Kier molecular flexibility index (Phi) is 5.75. The molecule has 0 radical (unpaired) electrons. The molecule has 0 atom stereocenters. The molecule has 1 heterocycles. The van der Waals surface area contributed by atoms with Crippen molar-refractivity contribution in [2.75, 3.05) is 12.4 Å². The molecule has 3 rings (SSSR count). The average molecular weight is 362 g/mol. The second-order valence-electron chi connectivity index (χ2n) is 6.72. The number of anilines is 2. The van der Waals surface area contributed by atoms with Crippen molar-refractivity contribution in [2.24, 2.45) is 5.92 Å². The number of methoxy groups -OCH3 is 1. The molecule has 0 aliphatic rings. The first-order valence-electron chi connectivity index (χ1n) is 9.43. The maximum atomic E-state index is 13.2. The van der Waals surface area contributed by atoms with Crippen molar-refractivity contribution in [3.05, 3.63) is 59.8 Å². The number of pyridine rings is 1. The largest absolute Gasteiger partial charge is 0.494 e. The second-order valence-corrected chi connectivity index (χ2v) is 6.72. The molecule has 2 aromatic carbocycles. The minimum atomic E-state index is -0.00715. The summed E-state index contributed by atoms with van der Waals surface area (Å²) in [5.41, 5.74) is 4.27. The van der Waals surface area contributed by atoms with Crippen LogP contribution in [0.2, 0.25) is 0 Å². The van der Waals surface area contributed by atoms with Crippen LogP contribution in [-0.4, -0.2) is 17.9 Å². The van der Waals surface area contributed by atoms with Crippen molar-refractivity contribution >= 4 is 28.1 Å². The van der Waals surface area contributed by atoms with Crippen LogP contribution in [0, 0.1) is 12.8 Å². The number of hydrogen-bond acceptors (Lipinski definition) is 4. The summed E-state index contributed by atoms with van der Waals surface area (Å²) in [6, 6.07) is 13.9. The monoisotopic (exact) mass is 362 g/mol. The van der Waals surface area contributed by atoms with Crippen LogP contribution in [0.4, 0.5) is 11.4 Å². The number of para-hydroxylation sites is 2. The van der Waals surface area contributed by atoms with Gasteiger partial charge in [-0.2, -0.15) is 0 Å². The Hall–Kier alpha value is -2.88. The summed E-state index contributed by atoms with van der Waals surface area (Å²) < 4.78 is 5.47. The fourth-order valence-electron chi connectivity index (χ4n) is 3.41. The van der Waals surface area contributed by atoms with E-state index < -0.39 is 0 Å². The summed E-state index contributed by atoms with van der Waals surface area (Å²) in [4.78, 5) is 17.8. The topological polar surface area (TPSA) is 51.2 Å². The quantitative estimate of drug-likeness (QED) is 0.531. The van der Waals surface area contributed by atoms with Gasteiger partial charge in [-0.25, -0.2) is 0 Å². The molecule has 4 nitrogen and oxygen atoms in total. The van der Waals surface area contributed by atoms with Crippen LogP contribution in [-0.2, 0) is 0 Å². The first-order chi connectivity index (χ1) is 13.1. The molecule has 1 aromatic heterocycles. The van der Waals surface area contributed by atoms with Gasteiger partial charge in [0.1, 0.15) is 11.3 Å². The minimum absolute atomic E-state index is 0.00715. The third kappa shape index (κ3) is 3.65. The molecule has 0 unspecified atom stereocenters. The summed E-state index contributed by atoms with van der Waals surface area (Å²) in [5.74, 6) is 0.822. The lowest BCUT2D eigenvalue weighted by atomic mass is 9.92. The number of nitrogens with zero attached hydrogens (tertiary/aromatic N) is 1. The highest BCUT2D eigenvalue weighted by molar-refractivity contribution is 6.10. The van der Waals surface area contributed by atoms with Crippen LogP contribution in [0.15, 0.2) is 48.7 Å². The van der Waals surface area contributed by atoms with Crippen LogP contribution in [0.5, 0.6) is 5.75 Å². The van der Waals surface area contributed by atoms with Gasteiger partial charge in [0.05, 0.1) is 18.4 Å². The van der Waals surface area contributed by atoms with E-state index in [0.717, 1.165) is 40.7 Å². The molecule has 0 fully saturated rings. The Balaban J connectivity index is 2.23. The van der Waals surface area contributed by atoms with E-state index in [4.69, 9.17) is 4.74 Å². The third-order valence-electron chi connectivity index (χ3n) is 5.11. The summed E-state index contributed by atoms with van der Waals surface area (Å²) in [6.07, 6.45) is 3.32. The number of rotatable bonds is 7. The molecular formula is C23H26N2O2. The van der Waals surface area contributed by atoms with E-state index in [1.165, 1.54) is 0 Å². The fraction of sp³-hybridized carbons (Fsp3) is 0.304. The van der Waals surface area contributed by atoms with Crippen molar-refractivity contribution < 1.29 is 9.53 Å². The molecule has 0 bridgehead atoms. The Morgan fingerprint density at radius 3 is 2.52 bits per heavy atom. The lowest BCUT2D eigenvalue weighted by Crippen LogP contribution is -2.15. The number of aryl methyl sites for hydroxylation is 1. The van der Waals surface area contributed by atoms with Gasteiger partial charge in [-0.3, -0.25) is 9.78 Å². The molecule has 3 aromatic rings. The number of ether oxygens (including phenoxy) is 1. The molecule has 27 heavy (non-hydrogen) atoms. The van der Waals surface area contributed by atoms with E-state index in [-0.39, 0.29) is 11.7 Å². The highest BCUT2D eigenvalue weighted by atomic mass is 16.5. The summed E-state index contributed by atoms with van der Waals surface area (Å²) in [5, 5.41) is 4.39. The van der Waals surface area contributed by atoms with Gasteiger partial charge in [0.15, 0.2) is 5.78 Å². The highest BCUT2D eigenvalue weighted by Crippen LogP contribution is 2.35. The minimum Gasteiger partial charge on any atom is -0.494 e. The van der Waals surface area contributed by atoms with Gasteiger partial charge in [0, 0.05) is 23.2 Å². The molecule has 1 N–H and O–H groups in total. The number of Topliss-reactive ketones (excluding diaryl/α,β-unsaturated/α-hetero) is 1. The molecule has 0 saturated heterocycles. The zero-order valence-corrected chi connectivity index (χ0v) is 16.4. The van der Waals surface area contributed by atoms with E-state index in [9.17, 15) is 4.79 Å². The zero-order valence-electron chi connectivity index (χ0n) is 16.4. The number of nitrogens with one attached hydrogen (secondary N) is 1. The van der Waals surface area contributed by atoms with Crippen molar-refractivity contribution in [2.45, 2.75) is 33.6 Å². The predicted molar refractivity (Wildman–Crippen MR) is 111 cm³/mol.